The lowest BCUT2D eigenvalue weighted by Gasteiger charge is -2.35. The number of fused-ring (bicyclic) bond motifs is 1. The number of nitrogens with one attached hydrogen (secondary N) is 1. The van der Waals surface area contributed by atoms with Crippen LogP contribution in [0.3, 0.4) is 0 Å². The van der Waals surface area contributed by atoms with Crippen molar-refractivity contribution in [2.24, 2.45) is 11.3 Å². The van der Waals surface area contributed by atoms with E-state index in [0.717, 1.165) is 0 Å². The second-order valence-electron chi connectivity index (χ2n) is 10.7. The van der Waals surface area contributed by atoms with Crippen LogP contribution in [0.25, 0.3) is 22.3 Å². The summed E-state index contributed by atoms with van der Waals surface area (Å²) in [7, 11) is 0. The molecule has 2 saturated heterocycles. The Morgan fingerprint density at radius 3 is 2.78 bits per heavy atom. The number of carbonyl (C=O) groups excluding carboxylic acids is 1. The molecule has 0 aliphatic carbocycles. The first kappa shape index (κ1) is 26.6. The number of ketones is 1. The predicted octanol–water partition coefficient (Wildman–Crippen LogP) is 4.04. The van der Waals surface area contributed by atoms with Crippen molar-refractivity contribution in [2.75, 3.05) is 25.5 Å². The molecule has 0 radical (unpaired) electrons. The molecule has 0 bridgehead atoms. The number of ether oxygens (including phenoxy) is 2. The second-order valence-corrected chi connectivity index (χ2v) is 10.7. The summed E-state index contributed by atoms with van der Waals surface area (Å²) in [5, 5.41) is 18.2. The Hall–Kier alpha value is -4.66. The fraction of sp³-hybridized carbons (Fsp3) is 0.300. The van der Waals surface area contributed by atoms with E-state index >= 15 is 4.39 Å². The summed E-state index contributed by atoms with van der Waals surface area (Å²) in [6.45, 7) is 3.81. The number of rotatable bonds is 8. The van der Waals surface area contributed by atoms with Gasteiger partial charge in [0.2, 0.25) is 0 Å². The number of nitrogen functional groups attached to an aromatic ring is 1. The van der Waals surface area contributed by atoms with E-state index in [1.54, 1.807) is 35.0 Å². The second kappa shape index (κ2) is 10.7. The maximum Gasteiger partial charge on any atom is 0.177 e. The lowest BCUT2D eigenvalue weighted by Crippen LogP contribution is -2.39. The van der Waals surface area contributed by atoms with Gasteiger partial charge < -0.3 is 20.5 Å². The SMILES string of the molecule is CC1(/C=C(/C#N)C(=O)C2CCN[C@H]2Cn2nc(-c3ccc(Oc4ccccc4)cc3F)c3c(N)ncnc32)COC1. The Bertz CT molecular complexity index is 1690. The molecule has 0 spiro atoms. The largest absolute Gasteiger partial charge is 0.457 e. The molecule has 10 nitrogen and oxygen atoms in total. The Morgan fingerprint density at radius 2 is 2.07 bits per heavy atom. The summed E-state index contributed by atoms with van der Waals surface area (Å²) >= 11 is 0. The van der Waals surface area contributed by atoms with Gasteiger partial charge in [0.15, 0.2) is 11.4 Å². The van der Waals surface area contributed by atoms with Crippen molar-refractivity contribution in [3.05, 3.63) is 72.3 Å². The molecule has 0 saturated carbocycles. The van der Waals surface area contributed by atoms with Crippen molar-refractivity contribution in [2.45, 2.75) is 25.9 Å². The summed E-state index contributed by atoms with van der Waals surface area (Å²) < 4.78 is 28.1. The minimum absolute atomic E-state index is 0.145. The van der Waals surface area contributed by atoms with Crippen LogP contribution >= 0.6 is 0 Å². The highest BCUT2D eigenvalue weighted by molar-refractivity contribution is 6.01. The van der Waals surface area contributed by atoms with Gasteiger partial charge in [-0.25, -0.2) is 19.0 Å². The fourth-order valence-corrected chi connectivity index (χ4v) is 5.40. The molecule has 0 amide bonds. The molecule has 2 atom stereocenters. The number of para-hydroxylation sites is 1. The third-order valence-corrected chi connectivity index (χ3v) is 7.53. The zero-order valence-electron chi connectivity index (χ0n) is 22.4. The standard InChI is InChI=1S/C30H28FN7O3/c1-30(15-40-16-30)12-18(13-32)27(39)22-9-10-34-24(22)14-38-29-25(28(33)35-17-36-29)26(37-38)21-8-7-20(11-23(21)31)41-19-5-3-2-4-6-19/h2-8,11-12,17,22,24,34H,9-10,14-16H2,1H3,(H2,33,35,36)/b18-12-/t22?,24-/m0/s1. The van der Waals surface area contributed by atoms with Crippen LogP contribution in [-0.4, -0.2) is 51.3 Å². The van der Waals surface area contributed by atoms with Gasteiger partial charge in [0, 0.05) is 29.0 Å². The molecular weight excluding hydrogens is 525 g/mol. The molecule has 4 aromatic rings. The zero-order chi connectivity index (χ0) is 28.6. The minimum atomic E-state index is -0.544. The number of benzene rings is 2. The van der Waals surface area contributed by atoms with Crippen LogP contribution in [0.1, 0.15) is 13.3 Å². The maximum absolute atomic E-state index is 15.5. The van der Waals surface area contributed by atoms with E-state index in [2.05, 4.69) is 21.4 Å². The van der Waals surface area contributed by atoms with Crippen molar-refractivity contribution < 1.29 is 18.7 Å². The van der Waals surface area contributed by atoms with Crippen LogP contribution in [0.15, 0.2) is 66.5 Å². The summed E-state index contributed by atoms with van der Waals surface area (Å²) in [6, 6.07) is 15.4. The lowest BCUT2D eigenvalue weighted by atomic mass is 9.83. The van der Waals surface area contributed by atoms with Crippen LogP contribution in [0.5, 0.6) is 11.5 Å². The van der Waals surface area contributed by atoms with E-state index in [1.165, 1.54) is 12.4 Å². The van der Waals surface area contributed by atoms with Gasteiger partial charge in [-0.15, -0.1) is 0 Å². The van der Waals surface area contributed by atoms with Gasteiger partial charge in [-0.2, -0.15) is 10.4 Å². The van der Waals surface area contributed by atoms with Gasteiger partial charge in [-0.1, -0.05) is 31.2 Å². The van der Waals surface area contributed by atoms with Crippen LogP contribution < -0.4 is 15.8 Å². The molecule has 2 fully saturated rings. The number of hydrogen-bond donors (Lipinski definition) is 2. The number of allylic oxidation sites excluding steroid dienone is 1. The number of carbonyl (C=O) groups is 1. The summed E-state index contributed by atoms with van der Waals surface area (Å²) in [5.74, 6) is -0.0918. The number of nitriles is 1. The zero-order valence-corrected chi connectivity index (χ0v) is 22.4. The van der Waals surface area contributed by atoms with Gasteiger partial charge in [-0.3, -0.25) is 4.79 Å². The highest BCUT2D eigenvalue weighted by atomic mass is 19.1. The van der Waals surface area contributed by atoms with E-state index in [0.29, 0.717) is 54.4 Å². The Morgan fingerprint density at radius 1 is 1.27 bits per heavy atom. The molecule has 2 aliphatic rings. The van der Waals surface area contributed by atoms with Crippen molar-refractivity contribution in [1.82, 2.24) is 25.1 Å². The van der Waals surface area contributed by atoms with Crippen molar-refractivity contribution >= 4 is 22.6 Å². The molecule has 41 heavy (non-hydrogen) atoms. The van der Waals surface area contributed by atoms with Crippen molar-refractivity contribution in [3.8, 4) is 28.8 Å². The van der Waals surface area contributed by atoms with Crippen molar-refractivity contribution in [3.63, 3.8) is 0 Å². The molecule has 3 N–H and O–H groups in total. The number of anilines is 1. The third kappa shape index (κ3) is 5.15. The van der Waals surface area contributed by atoms with E-state index in [1.807, 2.05) is 25.1 Å². The summed E-state index contributed by atoms with van der Waals surface area (Å²) in [5.41, 5.74) is 7.00. The van der Waals surface area contributed by atoms with E-state index in [-0.39, 0.29) is 40.7 Å². The number of halogens is 1. The average Bonchev–Trinajstić information content (AvgIpc) is 3.57. The molecule has 2 aromatic heterocycles. The third-order valence-electron chi connectivity index (χ3n) is 7.53. The molecule has 2 aliphatic heterocycles. The van der Waals surface area contributed by atoms with E-state index < -0.39 is 11.7 Å². The number of nitrogens with zero attached hydrogens (tertiary/aromatic N) is 5. The topological polar surface area (TPSA) is 141 Å². The van der Waals surface area contributed by atoms with Crippen LogP contribution in [-0.2, 0) is 16.1 Å². The number of Topliss-reactive ketones (excluding diaryl/α,β-unsaturated/α-hetero) is 1. The van der Waals surface area contributed by atoms with E-state index in [4.69, 9.17) is 20.3 Å². The molecule has 2 aromatic carbocycles. The van der Waals surface area contributed by atoms with Gasteiger partial charge in [0.25, 0.3) is 0 Å². The smallest absolute Gasteiger partial charge is 0.177 e. The van der Waals surface area contributed by atoms with Gasteiger partial charge in [-0.05, 0) is 37.2 Å². The summed E-state index contributed by atoms with van der Waals surface area (Å²) in [4.78, 5) is 21.9. The Labute approximate surface area is 235 Å². The summed E-state index contributed by atoms with van der Waals surface area (Å²) in [6.07, 6.45) is 3.64. The maximum atomic E-state index is 15.5. The van der Waals surface area contributed by atoms with E-state index in [9.17, 15) is 10.1 Å². The quantitative estimate of drug-likeness (QED) is 0.244. The molecular formula is C30H28FN7O3. The Balaban J connectivity index is 1.30. The molecule has 6 rings (SSSR count). The van der Waals surface area contributed by atoms with Crippen molar-refractivity contribution in [1.29, 1.82) is 5.26 Å². The molecule has 4 heterocycles. The van der Waals surface area contributed by atoms with Gasteiger partial charge >= 0.3 is 0 Å². The van der Waals surface area contributed by atoms with Crippen LogP contribution in [0.4, 0.5) is 10.2 Å². The minimum Gasteiger partial charge on any atom is -0.457 e. The monoisotopic (exact) mass is 553 g/mol. The lowest BCUT2D eigenvalue weighted by molar-refractivity contribution is -0.119. The normalized spacial score (nSPS) is 20.0. The molecule has 1 unspecified atom stereocenters. The van der Waals surface area contributed by atoms with Gasteiger partial charge in [0.05, 0.1) is 30.7 Å². The number of nitrogens with two attached hydrogens (primary N) is 1. The highest BCUT2D eigenvalue weighted by Crippen LogP contribution is 2.35. The number of aromatic nitrogens is 4. The van der Waals surface area contributed by atoms with Crippen LogP contribution in [0, 0.1) is 28.5 Å². The average molecular weight is 554 g/mol. The fourth-order valence-electron chi connectivity index (χ4n) is 5.40. The predicted molar refractivity (Wildman–Crippen MR) is 149 cm³/mol. The van der Waals surface area contributed by atoms with Gasteiger partial charge in [0.1, 0.15) is 41.2 Å². The highest BCUT2D eigenvalue weighted by Gasteiger charge is 2.38. The molecule has 208 valence electrons. The first-order chi connectivity index (χ1) is 19.8. The Kier molecular flexibility index (Phi) is 6.95. The van der Waals surface area contributed by atoms with Crippen LogP contribution in [0.2, 0.25) is 0 Å². The molecule has 11 heteroatoms. The first-order valence-corrected chi connectivity index (χ1v) is 13.3. The first-order valence-electron chi connectivity index (χ1n) is 13.3. The number of hydrogen-bond acceptors (Lipinski definition) is 9.